The summed E-state index contributed by atoms with van der Waals surface area (Å²) < 4.78 is 5.57. The van der Waals surface area contributed by atoms with Crippen molar-refractivity contribution in [3.63, 3.8) is 0 Å². The number of carbonyl (C=O) groups excluding carboxylic acids is 2. The van der Waals surface area contributed by atoms with E-state index in [4.69, 9.17) is 4.74 Å². The zero-order valence-electron chi connectivity index (χ0n) is 21.9. The molecule has 0 saturated heterocycles. The van der Waals surface area contributed by atoms with Gasteiger partial charge in [0.25, 0.3) is 5.91 Å². The van der Waals surface area contributed by atoms with Crippen LogP contribution < -0.4 is 15.4 Å². The average molecular weight is 537 g/mol. The van der Waals surface area contributed by atoms with Crippen molar-refractivity contribution in [2.24, 2.45) is 0 Å². The molecule has 3 aromatic carbocycles. The number of hydrogen-bond donors (Lipinski definition) is 2. The van der Waals surface area contributed by atoms with Crippen molar-refractivity contribution in [2.75, 3.05) is 23.0 Å². The van der Waals surface area contributed by atoms with Crippen LogP contribution in [-0.4, -0.2) is 29.2 Å². The first-order valence-corrected chi connectivity index (χ1v) is 13.4. The number of hydrogen-bond acceptors (Lipinski definition) is 6. The summed E-state index contributed by atoms with van der Waals surface area (Å²) in [6, 6.07) is 26.1. The summed E-state index contributed by atoms with van der Waals surface area (Å²) in [7, 11) is 0. The lowest BCUT2D eigenvalue weighted by Crippen LogP contribution is -2.18. The number of pyridine rings is 1. The maximum atomic E-state index is 13.5. The minimum absolute atomic E-state index is 0.0489. The van der Waals surface area contributed by atoms with Crippen LogP contribution in [0.5, 0.6) is 5.75 Å². The van der Waals surface area contributed by atoms with Gasteiger partial charge in [0.05, 0.1) is 29.2 Å². The maximum Gasteiger partial charge on any atom is 0.258 e. The Hall–Kier alpha value is -4.61. The molecule has 4 aromatic rings. The van der Waals surface area contributed by atoms with Gasteiger partial charge in [-0.15, -0.1) is 0 Å². The number of para-hydroxylation sites is 1. The number of rotatable bonds is 9. The first-order chi connectivity index (χ1) is 18.9. The van der Waals surface area contributed by atoms with Gasteiger partial charge in [0.2, 0.25) is 5.91 Å². The smallest absolute Gasteiger partial charge is 0.258 e. The van der Waals surface area contributed by atoms with E-state index in [1.807, 2.05) is 68.4 Å². The SMILES string of the molecule is CCOc1ccc(-c2c(C#N)c(SCC(=O)Nc3ccc(C)cc3)nc(C)c2C(=O)Nc2ccccc2)cc1. The second kappa shape index (κ2) is 12.8. The molecular weight excluding hydrogens is 508 g/mol. The van der Waals surface area contributed by atoms with Crippen LogP contribution in [0, 0.1) is 25.2 Å². The molecule has 0 aliphatic rings. The molecule has 0 saturated carbocycles. The number of nitrogens with zero attached hydrogens (tertiary/aromatic N) is 2. The van der Waals surface area contributed by atoms with E-state index < -0.39 is 0 Å². The minimum Gasteiger partial charge on any atom is -0.494 e. The molecule has 7 nitrogen and oxygen atoms in total. The zero-order valence-corrected chi connectivity index (χ0v) is 22.8. The number of aryl methyl sites for hydroxylation is 2. The highest BCUT2D eigenvalue weighted by Gasteiger charge is 2.25. The number of nitriles is 1. The van der Waals surface area contributed by atoms with E-state index in [1.54, 1.807) is 31.2 Å². The molecule has 0 spiro atoms. The molecule has 1 aromatic heterocycles. The Balaban J connectivity index is 1.70. The highest BCUT2D eigenvalue weighted by Crippen LogP contribution is 2.36. The van der Waals surface area contributed by atoms with E-state index in [9.17, 15) is 14.9 Å². The average Bonchev–Trinajstić information content (AvgIpc) is 2.94. The summed E-state index contributed by atoms with van der Waals surface area (Å²) in [5, 5.41) is 16.4. The number of thioether (sulfide) groups is 1. The van der Waals surface area contributed by atoms with Crippen LogP contribution in [-0.2, 0) is 4.79 Å². The van der Waals surface area contributed by atoms with Crippen LogP contribution >= 0.6 is 11.8 Å². The quantitative estimate of drug-likeness (QED) is 0.233. The highest BCUT2D eigenvalue weighted by molar-refractivity contribution is 8.00. The van der Waals surface area contributed by atoms with Gasteiger partial charge < -0.3 is 15.4 Å². The fourth-order valence-electron chi connectivity index (χ4n) is 4.02. The molecule has 0 aliphatic heterocycles. The first kappa shape index (κ1) is 27.4. The van der Waals surface area contributed by atoms with Gasteiger partial charge in [-0.05, 0) is 62.7 Å². The molecule has 196 valence electrons. The van der Waals surface area contributed by atoms with Crippen LogP contribution in [0.1, 0.15) is 34.1 Å². The lowest BCUT2D eigenvalue weighted by Gasteiger charge is -2.17. The number of benzene rings is 3. The van der Waals surface area contributed by atoms with Crippen molar-refractivity contribution in [1.29, 1.82) is 5.26 Å². The standard InChI is InChI=1S/C31H28N4O3S/c1-4-38-25-16-12-22(13-17-25)29-26(18-32)31(39-19-27(36)34-24-14-10-20(2)11-15-24)33-21(3)28(29)30(37)35-23-8-6-5-7-9-23/h5-17H,4,19H2,1-3H3,(H,34,36)(H,35,37). The van der Waals surface area contributed by atoms with Crippen LogP contribution in [0.2, 0.25) is 0 Å². The van der Waals surface area contributed by atoms with Crippen molar-refractivity contribution >= 4 is 35.0 Å². The van der Waals surface area contributed by atoms with Crippen LogP contribution in [0.3, 0.4) is 0 Å². The molecule has 0 fully saturated rings. The summed E-state index contributed by atoms with van der Waals surface area (Å²) in [6.07, 6.45) is 0. The molecule has 0 atom stereocenters. The van der Waals surface area contributed by atoms with E-state index in [2.05, 4.69) is 21.7 Å². The molecule has 4 rings (SSSR count). The van der Waals surface area contributed by atoms with Crippen molar-refractivity contribution in [3.8, 4) is 22.9 Å². The predicted octanol–water partition coefficient (Wildman–Crippen LogP) is 6.62. The third kappa shape index (κ3) is 6.83. The summed E-state index contributed by atoms with van der Waals surface area (Å²) in [5.41, 5.74) is 4.53. The largest absolute Gasteiger partial charge is 0.494 e. The molecule has 8 heteroatoms. The van der Waals surface area contributed by atoms with E-state index in [0.29, 0.717) is 51.1 Å². The third-order valence-electron chi connectivity index (χ3n) is 5.84. The van der Waals surface area contributed by atoms with E-state index in [1.165, 1.54) is 0 Å². The predicted molar refractivity (Wildman–Crippen MR) is 155 cm³/mol. The van der Waals surface area contributed by atoms with Gasteiger partial charge in [-0.25, -0.2) is 4.98 Å². The Bertz CT molecular complexity index is 1510. The number of nitrogens with one attached hydrogen (secondary N) is 2. The third-order valence-corrected chi connectivity index (χ3v) is 6.82. The summed E-state index contributed by atoms with van der Waals surface area (Å²) >= 11 is 1.16. The molecule has 2 N–H and O–H groups in total. The van der Waals surface area contributed by atoms with Gasteiger partial charge in [-0.1, -0.05) is 59.8 Å². The Morgan fingerprint density at radius 2 is 1.59 bits per heavy atom. The van der Waals surface area contributed by atoms with E-state index >= 15 is 0 Å². The fraction of sp³-hybridized carbons (Fsp3) is 0.161. The monoisotopic (exact) mass is 536 g/mol. The van der Waals surface area contributed by atoms with Crippen molar-refractivity contribution in [1.82, 2.24) is 4.98 Å². The number of amides is 2. The summed E-state index contributed by atoms with van der Waals surface area (Å²) in [5.74, 6) is 0.136. The highest BCUT2D eigenvalue weighted by atomic mass is 32.2. The second-order valence-electron chi connectivity index (χ2n) is 8.72. The minimum atomic E-state index is -0.375. The molecule has 39 heavy (non-hydrogen) atoms. The summed E-state index contributed by atoms with van der Waals surface area (Å²) in [6.45, 7) is 6.13. The van der Waals surface area contributed by atoms with Gasteiger partial charge in [0.1, 0.15) is 16.8 Å². The van der Waals surface area contributed by atoms with Crippen molar-refractivity contribution in [2.45, 2.75) is 25.8 Å². The molecule has 0 bridgehead atoms. The Kier molecular flexibility index (Phi) is 8.97. The maximum absolute atomic E-state index is 13.5. The molecule has 0 radical (unpaired) electrons. The second-order valence-corrected chi connectivity index (χ2v) is 9.68. The van der Waals surface area contributed by atoms with Crippen molar-refractivity contribution < 1.29 is 14.3 Å². The Labute approximate surface area is 232 Å². The fourth-order valence-corrected chi connectivity index (χ4v) is 4.85. The van der Waals surface area contributed by atoms with Crippen molar-refractivity contribution in [3.05, 3.63) is 101 Å². The number of aromatic nitrogens is 1. The lowest BCUT2D eigenvalue weighted by atomic mass is 9.94. The zero-order chi connectivity index (χ0) is 27.8. The van der Waals surface area contributed by atoms with Crippen LogP contribution in [0.4, 0.5) is 11.4 Å². The van der Waals surface area contributed by atoms with Gasteiger partial charge in [0.15, 0.2) is 0 Å². The van der Waals surface area contributed by atoms with E-state index in [0.717, 1.165) is 17.3 Å². The number of ether oxygens (including phenoxy) is 1. The molecule has 0 aliphatic carbocycles. The number of anilines is 2. The Morgan fingerprint density at radius 3 is 2.23 bits per heavy atom. The topological polar surface area (TPSA) is 104 Å². The van der Waals surface area contributed by atoms with Crippen LogP contribution in [0.25, 0.3) is 11.1 Å². The lowest BCUT2D eigenvalue weighted by molar-refractivity contribution is -0.113. The molecule has 1 heterocycles. The first-order valence-electron chi connectivity index (χ1n) is 12.4. The van der Waals surface area contributed by atoms with Gasteiger partial charge in [-0.3, -0.25) is 9.59 Å². The molecular formula is C31H28N4O3S. The van der Waals surface area contributed by atoms with Gasteiger partial charge in [0, 0.05) is 16.9 Å². The summed E-state index contributed by atoms with van der Waals surface area (Å²) in [4.78, 5) is 30.8. The normalized spacial score (nSPS) is 10.4. The number of carbonyl (C=O) groups is 2. The van der Waals surface area contributed by atoms with E-state index in [-0.39, 0.29) is 23.1 Å². The molecule has 0 unspecified atom stereocenters. The van der Waals surface area contributed by atoms with Crippen LogP contribution in [0.15, 0.2) is 83.9 Å². The molecule has 2 amide bonds. The Morgan fingerprint density at radius 1 is 0.923 bits per heavy atom. The van der Waals surface area contributed by atoms with Gasteiger partial charge in [-0.2, -0.15) is 5.26 Å². The van der Waals surface area contributed by atoms with Gasteiger partial charge >= 0.3 is 0 Å².